The van der Waals surface area contributed by atoms with Gasteiger partial charge in [-0.15, -0.1) is 0 Å². The summed E-state index contributed by atoms with van der Waals surface area (Å²) in [4.78, 5) is 0. The Morgan fingerprint density at radius 2 is 1.64 bits per heavy atom. The van der Waals surface area contributed by atoms with Crippen molar-refractivity contribution in [2.24, 2.45) is 5.41 Å². The average Bonchev–Trinajstić information content (AvgIpc) is 1.55. The van der Waals surface area contributed by atoms with Gasteiger partial charge < -0.3 is 4.74 Å². The first-order chi connectivity index (χ1) is 4.77. The molecule has 0 atom stereocenters. The summed E-state index contributed by atoms with van der Waals surface area (Å²) in [6, 6.07) is 0. The monoisotopic (exact) mass is 170 g/mol. The predicted molar refractivity (Wildman–Crippen MR) is 36.3 cm³/mol. The van der Waals surface area contributed by atoms with E-state index in [-0.39, 0.29) is 6.61 Å². The van der Waals surface area contributed by atoms with Crippen LogP contribution in [0.25, 0.3) is 0 Å². The van der Waals surface area contributed by atoms with Crippen LogP contribution in [0.15, 0.2) is 0 Å². The Labute approximate surface area is 64.5 Å². The summed E-state index contributed by atoms with van der Waals surface area (Å²) in [5.41, 5.74) is -0.812. The molecule has 68 valence electrons. The third kappa shape index (κ3) is 6.16. The van der Waals surface area contributed by atoms with Crippen LogP contribution in [-0.4, -0.2) is 19.9 Å². The molecule has 0 radical (unpaired) electrons. The van der Waals surface area contributed by atoms with E-state index in [1.807, 2.05) is 0 Å². The summed E-state index contributed by atoms with van der Waals surface area (Å²) in [5.74, 6) is 0. The molecule has 4 heteroatoms. The highest BCUT2D eigenvalue weighted by Crippen LogP contribution is 2.32. The minimum Gasteiger partial charge on any atom is -0.384 e. The molecule has 0 amide bonds. The number of methoxy groups -OCH3 is 1. The molecule has 0 aliphatic rings. The van der Waals surface area contributed by atoms with E-state index in [2.05, 4.69) is 4.74 Å². The van der Waals surface area contributed by atoms with Crippen LogP contribution in [0.3, 0.4) is 0 Å². The largest absolute Gasteiger partial charge is 0.389 e. The van der Waals surface area contributed by atoms with Gasteiger partial charge in [-0.25, -0.2) is 0 Å². The van der Waals surface area contributed by atoms with Crippen molar-refractivity contribution in [3.05, 3.63) is 0 Å². The van der Waals surface area contributed by atoms with E-state index >= 15 is 0 Å². The molecule has 0 unspecified atom stereocenters. The van der Waals surface area contributed by atoms with Crippen molar-refractivity contribution in [1.82, 2.24) is 0 Å². The molecule has 11 heavy (non-hydrogen) atoms. The van der Waals surface area contributed by atoms with Crippen molar-refractivity contribution in [3.63, 3.8) is 0 Å². The van der Waals surface area contributed by atoms with Gasteiger partial charge in [0, 0.05) is 7.11 Å². The Morgan fingerprint density at radius 3 is 1.91 bits per heavy atom. The molecule has 0 saturated carbocycles. The van der Waals surface area contributed by atoms with E-state index < -0.39 is 18.0 Å². The van der Waals surface area contributed by atoms with Crippen molar-refractivity contribution < 1.29 is 17.9 Å². The van der Waals surface area contributed by atoms with Crippen LogP contribution in [0.1, 0.15) is 20.3 Å². The van der Waals surface area contributed by atoms with Gasteiger partial charge in [0.15, 0.2) is 0 Å². The lowest BCUT2D eigenvalue weighted by Gasteiger charge is -2.24. The topological polar surface area (TPSA) is 9.23 Å². The SMILES string of the molecule is COCC(C)(C)CC(F)(F)F. The fourth-order valence-corrected chi connectivity index (χ4v) is 0.984. The number of rotatable bonds is 3. The Hall–Kier alpha value is -0.250. The van der Waals surface area contributed by atoms with Gasteiger partial charge in [-0.05, 0) is 5.41 Å². The van der Waals surface area contributed by atoms with E-state index in [1.165, 1.54) is 21.0 Å². The number of halogens is 3. The predicted octanol–water partition coefficient (Wildman–Crippen LogP) is 2.61. The molecule has 0 saturated heterocycles. The van der Waals surface area contributed by atoms with Crippen LogP contribution < -0.4 is 0 Å². The summed E-state index contributed by atoms with van der Waals surface area (Å²) in [7, 11) is 1.40. The molecule has 0 spiro atoms. The van der Waals surface area contributed by atoms with Gasteiger partial charge in [0.25, 0.3) is 0 Å². The van der Waals surface area contributed by atoms with E-state index in [0.29, 0.717) is 0 Å². The van der Waals surface area contributed by atoms with Crippen LogP contribution >= 0.6 is 0 Å². The summed E-state index contributed by atoms with van der Waals surface area (Å²) >= 11 is 0. The van der Waals surface area contributed by atoms with Gasteiger partial charge in [0.05, 0.1) is 13.0 Å². The van der Waals surface area contributed by atoms with E-state index in [9.17, 15) is 13.2 Å². The lowest BCUT2D eigenvalue weighted by Crippen LogP contribution is -2.26. The van der Waals surface area contributed by atoms with Crippen molar-refractivity contribution in [1.29, 1.82) is 0 Å². The lowest BCUT2D eigenvalue weighted by molar-refractivity contribution is -0.160. The third-order valence-corrected chi connectivity index (χ3v) is 1.21. The molecule has 0 N–H and O–H groups in total. The van der Waals surface area contributed by atoms with E-state index in [0.717, 1.165) is 0 Å². The first-order valence-electron chi connectivity index (χ1n) is 3.32. The number of ether oxygens (including phenoxy) is 1. The number of hydrogen-bond donors (Lipinski definition) is 0. The fraction of sp³-hybridized carbons (Fsp3) is 1.00. The summed E-state index contributed by atoms with van der Waals surface area (Å²) < 4.78 is 40.1. The quantitative estimate of drug-likeness (QED) is 0.632. The highest BCUT2D eigenvalue weighted by atomic mass is 19.4. The maximum Gasteiger partial charge on any atom is 0.389 e. The zero-order chi connectivity index (χ0) is 9.12. The second kappa shape index (κ2) is 3.43. The molecule has 0 aliphatic heterocycles. The Bertz CT molecular complexity index is 117. The van der Waals surface area contributed by atoms with Crippen molar-refractivity contribution >= 4 is 0 Å². The summed E-state index contributed by atoms with van der Waals surface area (Å²) in [6.07, 6.45) is -4.89. The molecule has 0 aromatic carbocycles. The highest BCUT2D eigenvalue weighted by molar-refractivity contribution is 4.71. The van der Waals surface area contributed by atoms with Gasteiger partial charge in [0.1, 0.15) is 0 Å². The Morgan fingerprint density at radius 1 is 1.18 bits per heavy atom. The minimum atomic E-state index is -4.10. The van der Waals surface area contributed by atoms with Gasteiger partial charge in [-0.2, -0.15) is 13.2 Å². The van der Waals surface area contributed by atoms with Crippen molar-refractivity contribution in [3.8, 4) is 0 Å². The molecule has 0 fully saturated rings. The summed E-state index contributed by atoms with van der Waals surface area (Å²) in [6.45, 7) is 3.19. The lowest BCUT2D eigenvalue weighted by atomic mass is 9.90. The highest BCUT2D eigenvalue weighted by Gasteiger charge is 2.36. The van der Waals surface area contributed by atoms with Crippen LogP contribution in [-0.2, 0) is 4.74 Å². The molecule has 0 aromatic rings. The number of hydrogen-bond acceptors (Lipinski definition) is 1. The fourth-order valence-electron chi connectivity index (χ4n) is 0.984. The Balaban J connectivity index is 3.91. The zero-order valence-electron chi connectivity index (χ0n) is 6.96. The molecular weight excluding hydrogens is 157 g/mol. The van der Waals surface area contributed by atoms with Crippen LogP contribution in [0.5, 0.6) is 0 Å². The minimum absolute atomic E-state index is 0.131. The first-order valence-corrected chi connectivity index (χ1v) is 3.32. The molecule has 0 aromatic heterocycles. The smallest absolute Gasteiger partial charge is 0.384 e. The van der Waals surface area contributed by atoms with E-state index in [1.54, 1.807) is 0 Å². The average molecular weight is 170 g/mol. The number of alkyl halides is 3. The molecule has 0 bridgehead atoms. The van der Waals surface area contributed by atoms with Gasteiger partial charge in [-0.1, -0.05) is 13.8 Å². The van der Waals surface area contributed by atoms with Gasteiger partial charge in [0.2, 0.25) is 0 Å². The molecule has 0 rings (SSSR count). The molecule has 1 nitrogen and oxygen atoms in total. The summed E-state index contributed by atoms with van der Waals surface area (Å²) in [5, 5.41) is 0. The molecule has 0 heterocycles. The van der Waals surface area contributed by atoms with Crippen LogP contribution in [0, 0.1) is 5.41 Å². The third-order valence-electron chi connectivity index (χ3n) is 1.21. The Kier molecular flexibility index (Phi) is 3.35. The second-order valence-electron chi connectivity index (χ2n) is 3.39. The van der Waals surface area contributed by atoms with Gasteiger partial charge in [-0.3, -0.25) is 0 Å². The van der Waals surface area contributed by atoms with Crippen LogP contribution in [0.4, 0.5) is 13.2 Å². The first kappa shape index (κ1) is 10.8. The van der Waals surface area contributed by atoms with Gasteiger partial charge >= 0.3 is 6.18 Å². The van der Waals surface area contributed by atoms with E-state index in [4.69, 9.17) is 0 Å². The maximum absolute atomic E-state index is 11.8. The van der Waals surface area contributed by atoms with Crippen molar-refractivity contribution in [2.75, 3.05) is 13.7 Å². The standard InChI is InChI=1S/C7H13F3O/c1-6(2,5-11-3)4-7(8,9)10/h4-5H2,1-3H3. The normalized spacial score (nSPS) is 13.6. The zero-order valence-corrected chi connectivity index (χ0v) is 6.96. The molecular formula is C7H13F3O. The maximum atomic E-state index is 11.8. The second-order valence-corrected chi connectivity index (χ2v) is 3.39. The van der Waals surface area contributed by atoms with Crippen molar-refractivity contribution in [2.45, 2.75) is 26.4 Å². The van der Waals surface area contributed by atoms with Crippen LogP contribution in [0.2, 0.25) is 0 Å². The molecule has 0 aliphatic carbocycles.